The third kappa shape index (κ3) is 2.76. The van der Waals surface area contributed by atoms with Crippen molar-refractivity contribution in [2.45, 2.75) is 6.92 Å². The average molecular weight is 250 g/mol. The first-order valence-electron chi connectivity index (χ1n) is 5.58. The molecule has 1 heterocycles. The lowest BCUT2D eigenvalue weighted by Gasteiger charge is -2.30. The van der Waals surface area contributed by atoms with E-state index in [1.54, 1.807) is 25.1 Å². The Balaban J connectivity index is 2.06. The molecule has 1 aliphatic heterocycles. The number of aliphatic imine (C=N–C) groups is 1. The van der Waals surface area contributed by atoms with E-state index in [9.17, 15) is 10.0 Å². The standard InChI is InChI=1S/C11H14N4O3/c1-2-18-10(16)7-12-11-13-8-5-3-4-6-9(8)15(17)14-11/h3-6,15H,2,7H2,1H3,(H2,12,13,14). The normalized spacial score (nSPS) is 19.7. The van der Waals surface area contributed by atoms with Crippen LogP contribution in [0.5, 0.6) is 0 Å². The van der Waals surface area contributed by atoms with Crippen LogP contribution in [0.1, 0.15) is 6.92 Å². The van der Waals surface area contributed by atoms with Crippen molar-refractivity contribution in [3.05, 3.63) is 29.5 Å². The molecule has 0 aromatic heterocycles. The van der Waals surface area contributed by atoms with Gasteiger partial charge in [-0.25, -0.2) is 10.2 Å². The molecule has 1 unspecified atom stereocenters. The number of anilines is 1. The lowest BCUT2D eigenvalue weighted by molar-refractivity contribution is -0.816. The Morgan fingerprint density at radius 1 is 1.50 bits per heavy atom. The molecule has 0 bridgehead atoms. The summed E-state index contributed by atoms with van der Waals surface area (Å²) in [6.45, 7) is 1.91. The Morgan fingerprint density at radius 3 is 3.06 bits per heavy atom. The fraction of sp³-hybridized carbons (Fsp3) is 0.273. The first kappa shape index (κ1) is 12.3. The van der Waals surface area contributed by atoms with E-state index in [2.05, 4.69) is 15.7 Å². The van der Waals surface area contributed by atoms with E-state index >= 15 is 0 Å². The molecule has 0 radical (unpaired) electrons. The third-order valence-corrected chi connectivity index (χ3v) is 2.33. The average Bonchev–Trinajstić information content (AvgIpc) is 2.37. The summed E-state index contributed by atoms with van der Waals surface area (Å²) in [6.07, 6.45) is 0. The number of ether oxygens (including phenoxy) is 1. The Morgan fingerprint density at radius 2 is 2.28 bits per heavy atom. The summed E-state index contributed by atoms with van der Waals surface area (Å²) in [5, 5.41) is 14.4. The molecule has 0 saturated heterocycles. The lowest BCUT2D eigenvalue weighted by Crippen LogP contribution is -3.11. The Bertz CT molecular complexity index is 475. The van der Waals surface area contributed by atoms with Crippen molar-refractivity contribution in [2.75, 3.05) is 18.5 Å². The van der Waals surface area contributed by atoms with Crippen molar-refractivity contribution in [1.82, 2.24) is 5.43 Å². The zero-order valence-electron chi connectivity index (χ0n) is 9.90. The highest BCUT2D eigenvalue weighted by Crippen LogP contribution is 2.17. The van der Waals surface area contributed by atoms with Crippen LogP contribution in [0.2, 0.25) is 0 Å². The molecule has 1 aromatic rings. The fourth-order valence-electron chi connectivity index (χ4n) is 1.55. The highest BCUT2D eigenvalue weighted by molar-refractivity contribution is 5.97. The molecule has 1 aliphatic rings. The highest BCUT2D eigenvalue weighted by Gasteiger charge is 2.19. The predicted molar refractivity (Wildman–Crippen MR) is 66.1 cm³/mol. The molecule has 0 aliphatic carbocycles. The van der Waals surface area contributed by atoms with Crippen LogP contribution in [-0.4, -0.2) is 25.1 Å². The van der Waals surface area contributed by atoms with Crippen LogP contribution in [0.25, 0.3) is 0 Å². The summed E-state index contributed by atoms with van der Waals surface area (Å²) in [5.74, 6) is -0.174. The van der Waals surface area contributed by atoms with Crippen LogP contribution >= 0.6 is 0 Å². The Labute approximate surface area is 104 Å². The summed E-state index contributed by atoms with van der Waals surface area (Å²) in [5.41, 5.74) is 3.78. The van der Waals surface area contributed by atoms with Gasteiger partial charge >= 0.3 is 5.97 Å². The monoisotopic (exact) mass is 250 g/mol. The fourth-order valence-corrected chi connectivity index (χ4v) is 1.55. The van der Waals surface area contributed by atoms with Crippen molar-refractivity contribution in [3.63, 3.8) is 0 Å². The van der Waals surface area contributed by atoms with E-state index in [1.165, 1.54) is 0 Å². The first-order valence-corrected chi connectivity index (χ1v) is 5.58. The molecule has 96 valence electrons. The van der Waals surface area contributed by atoms with Gasteiger partial charge in [0.25, 0.3) is 0 Å². The number of benzene rings is 1. The number of guanidine groups is 1. The molecule has 2 rings (SSSR count). The van der Waals surface area contributed by atoms with Crippen LogP contribution in [0.4, 0.5) is 11.4 Å². The minimum Gasteiger partial charge on any atom is -0.603 e. The van der Waals surface area contributed by atoms with E-state index in [1.807, 2.05) is 6.07 Å². The second-order valence-electron chi connectivity index (χ2n) is 3.59. The number of quaternary nitrogens is 1. The Hall–Kier alpha value is -2.12. The minimum atomic E-state index is -0.431. The van der Waals surface area contributed by atoms with E-state index in [4.69, 9.17) is 4.74 Å². The van der Waals surface area contributed by atoms with Gasteiger partial charge in [0.2, 0.25) is 5.96 Å². The van der Waals surface area contributed by atoms with Gasteiger partial charge in [0.05, 0.1) is 6.61 Å². The van der Waals surface area contributed by atoms with Gasteiger partial charge in [0, 0.05) is 6.07 Å². The molecular weight excluding hydrogens is 236 g/mol. The zero-order valence-corrected chi connectivity index (χ0v) is 9.90. The molecule has 3 N–H and O–H groups in total. The van der Waals surface area contributed by atoms with Gasteiger partial charge < -0.3 is 15.3 Å². The van der Waals surface area contributed by atoms with Crippen LogP contribution < -0.4 is 15.9 Å². The number of para-hydroxylation sites is 2. The molecule has 0 spiro atoms. The molecule has 1 atom stereocenters. The summed E-state index contributed by atoms with van der Waals surface area (Å²) in [4.78, 5) is 15.1. The summed E-state index contributed by atoms with van der Waals surface area (Å²) in [7, 11) is 0. The van der Waals surface area contributed by atoms with Crippen molar-refractivity contribution in [2.24, 2.45) is 4.99 Å². The largest absolute Gasteiger partial charge is 0.603 e. The predicted octanol–water partition coefficient (Wildman–Crippen LogP) is -0.450. The SMILES string of the molecule is CCOC(=O)CN=C1Nc2ccccc2[NH+]([O-])N1. The van der Waals surface area contributed by atoms with Gasteiger partial charge in [-0.05, 0) is 13.0 Å². The summed E-state index contributed by atoms with van der Waals surface area (Å²) in [6, 6.07) is 7.07. The number of carbonyl (C=O) groups is 1. The number of fused-ring (bicyclic) bond motifs is 1. The van der Waals surface area contributed by atoms with E-state index in [-0.39, 0.29) is 17.7 Å². The molecule has 7 heteroatoms. The maximum Gasteiger partial charge on any atom is 0.327 e. The molecule has 1 aromatic carbocycles. The van der Waals surface area contributed by atoms with Gasteiger partial charge in [-0.15, -0.1) is 0 Å². The number of nitrogens with one attached hydrogen (secondary N) is 3. The minimum absolute atomic E-state index is 0.126. The summed E-state index contributed by atoms with van der Waals surface area (Å²) >= 11 is 0. The van der Waals surface area contributed by atoms with Gasteiger partial charge in [0.1, 0.15) is 12.2 Å². The van der Waals surface area contributed by atoms with Crippen molar-refractivity contribution < 1.29 is 14.7 Å². The van der Waals surface area contributed by atoms with E-state index in [0.29, 0.717) is 18.0 Å². The molecule has 7 nitrogen and oxygen atoms in total. The molecular formula is C11H14N4O3. The van der Waals surface area contributed by atoms with E-state index < -0.39 is 5.97 Å². The van der Waals surface area contributed by atoms with Gasteiger partial charge in [-0.1, -0.05) is 12.1 Å². The third-order valence-electron chi connectivity index (χ3n) is 2.33. The number of rotatable bonds is 3. The van der Waals surface area contributed by atoms with Crippen LogP contribution in [0.15, 0.2) is 29.3 Å². The number of nitrogens with zero attached hydrogens (tertiary/aromatic N) is 1. The van der Waals surface area contributed by atoms with Crippen molar-refractivity contribution >= 4 is 23.3 Å². The first-order chi connectivity index (χ1) is 8.70. The number of hydrogen-bond acceptors (Lipinski definition) is 4. The van der Waals surface area contributed by atoms with Gasteiger partial charge in [-0.3, -0.25) is 4.79 Å². The Kier molecular flexibility index (Phi) is 3.75. The lowest BCUT2D eigenvalue weighted by atomic mass is 10.2. The number of esters is 1. The number of carbonyl (C=O) groups excluding carboxylic acids is 1. The maximum atomic E-state index is 11.7. The summed E-state index contributed by atoms with van der Waals surface area (Å²) < 4.78 is 4.74. The second kappa shape index (κ2) is 5.48. The highest BCUT2D eigenvalue weighted by atomic mass is 16.5. The number of hydrogen-bond donors (Lipinski definition) is 3. The van der Waals surface area contributed by atoms with E-state index in [0.717, 1.165) is 0 Å². The second-order valence-corrected chi connectivity index (χ2v) is 3.59. The van der Waals surface area contributed by atoms with Crippen LogP contribution in [-0.2, 0) is 9.53 Å². The quantitative estimate of drug-likeness (QED) is 0.499. The van der Waals surface area contributed by atoms with Crippen molar-refractivity contribution in [3.8, 4) is 0 Å². The van der Waals surface area contributed by atoms with Crippen LogP contribution in [0, 0.1) is 5.21 Å². The van der Waals surface area contributed by atoms with Crippen LogP contribution in [0.3, 0.4) is 0 Å². The molecule has 0 saturated carbocycles. The molecule has 0 amide bonds. The molecule has 0 fully saturated rings. The smallest absolute Gasteiger partial charge is 0.327 e. The van der Waals surface area contributed by atoms with Crippen molar-refractivity contribution in [1.29, 1.82) is 0 Å². The van der Waals surface area contributed by atoms with Gasteiger partial charge in [0.15, 0.2) is 5.69 Å². The van der Waals surface area contributed by atoms with Gasteiger partial charge in [-0.2, -0.15) is 5.43 Å². The topological polar surface area (TPSA) is 90.2 Å². The molecule has 18 heavy (non-hydrogen) atoms. The zero-order chi connectivity index (χ0) is 13.0. The maximum absolute atomic E-state index is 11.7.